The van der Waals surface area contributed by atoms with Crippen LogP contribution in [0.25, 0.3) is 32.6 Å². The third-order valence-electron chi connectivity index (χ3n) is 8.71. The van der Waals surface area contributed by atoms with Crippen LogP contribution in [0.2, 0.25) is 0 Å². The first-order valence-corrected chi connectivity index (χ1v) is 15.6. The minimum Gasteiger partial charge on any atom is -0.494 e. The van der Waals surface area contributed by atoms with Gasteiger partial charge < -0.3 is 38.5 Å². The number of ether oxygens (including phenoxy) is 5. The Morgan fingerprint density at radius 2 is 1.68 bits per heavy atom. The Bertz CT molecular complexity index is 2420. The van der Waals surface area contributed by atoms with Gasteiger partial charge in [-0.25, -0.2) is 4.79 Å². The summed E-state index contributed by atoms with van der Waals surface area (Å²) in [4.78, 5) is 45.8. The number of aromatic nitrogens is 3. The summed E-state index contributed by atoms with van der Waals surface area (Å²) in [6, 6.07) is 14.6. The van der Waals surface area contributed by atoms with Gasteiger partial charge in [0.05, 0.1) is 29.2 Å². The first kappa shape index (κ1) is 32.1. The summed E-state index contributed by atoms with van der Waals surface area (Å²) in [6.45, 7) is 1.96. The molecule has 0 atom stereocenters. The summed E-state index contributed by atoms with van der Waals surface area (Å²) in [6.07, 6.45) is 1.10. The quantitative estimate of drug-likeness (QED) is 0.118. The summed E-state index contributed by atoms with van der Waals surface area (Å²) in [7, 11) is 4.54. The maximum atomic E-state index is 13.8. The standard InChI is InChI=1S/C36H32N4O10/c1-19-12-31(41)40(34(19)43)11-7-10-32(42)49-26-9-6-5-8-25(26)38(2)36(45)50-30-14-21-20(13-27(30)46-4)23-17-37-24-16-29-28(47-18-48-29)15-22(24)33(23)39(3)35(21)44/h5-6,8-9,12-17,41,43H,7,10-11,18H2,1-4H3. The second-order valence-electron chi connectivity index (χ2n) is 11.8. The lowest BCUT2D eigenvalue weighted by molar-refractivity contribution is -0.134. The Balaban J connectivity index is 1.14. The number of fused-ring (bicyclic) bond motifs is 6. The van der Waals surface area contributed by atoms with E-state index < -0.39 is 12.1 Å². The van der Waals surface area contributed by atoms with Crippen LogP contribution in [0.3, 0.4) is 0 Å². The molecule has 6 aromatic rings. The van der Waals surface area contributed by atoms with Gasteiger partial charge in [0, 0.05) is 67.1 Å². The Kier molecular flexibility index (Phi) is 8.06. The number of carbonyl (C=O) groups is 2. The van der Waals surface area contributed by atoms with Crippen LogP contribution >= 0.6 is 0 Å². The van der Waals surface area contributed by atoms with Crippen molar-refractivity contribution in [2.75, 3.05) is 25.9 Å². The zero-order valence-corrected chi connectivity index (χ0v) is 27.6. The number of benzene rings is 3. The lowest BCUT2D eigenvalue weighted by Crippen LogP contribution is -2.30. The molecular weight excluding hydrogens is 648 g/mol. The molecule has 0 spiro atoms. The first-order valence-electron chi connectivity index (χ1n) is 15.6. The molecule has 1 aliphatic heterocycles. The zero-order valence-electron chi connectivity index (χ0n) is 27.6. The van der Waals surface area contributed by atoms with E-state index in [-0.39, 0.29) is 71.8 Å². The maximum Gasteiger partial charge on any atom is 0.419 e. The lowest BCUT2D eigenvalue weighted by atomic mass is 10.0. The number of methoxy groups -OCH3 is 1. The molecule has 3 aromatic heterocycles. The molecule has 50 heavy (non-hydrogen) atoms. The van der Waals surface area contributed by atoms with E-state index in [4.69, 9.17) is 23.7 Å². The van der Waals surface area contributed by atoms with E-state index in [0.29, 0.717) is 44.3 Å². The van der Waals surface area contributed by atoms with E-state index in [0.717, 1.165) is 0 Å². The van der Waals surface area contributed by atoms with Crippen LogP contribution in [0.15, 0.2) is 65.6 Å². The monoisotopic (exact) mass is 680 g/mol. The second-order valence-corrected chi connectivity index (χ2v) is 11.8. The van der Waals surface area contributed by atoms with Crippen molar-refractivity contribution in [2.24, 2.45) is 7.05 Å². The van der Waals surface area contributed by atoms with E-state index in [1.54, 1.807) is 62.6 Å². The number of para-hydroxylation sites is 2. The molecule has 0 saturated heterocycles. The number of esters is 1. The summed E-state index contributed by atoms with van der Waals surface area (Å²) < 4.78 is 30.8. The summed E-state index contributed by atoms with van der Waals surface area (Å²) >= 11 is 0. The van der Waals surface area contributed by atoms with Gasteiger partial charge in [0.25, 0.3) is 5.56 Å². The number of pyridine rings is 2. The van der Waals surface area contributed by atoms with Crippen LogP contribution in [0, 0.1) is 6.92 Å². The van der Waals surface area contributed by atoms with Crippen molar-refractivity contribution in [3.05, 3.63) is 76.7 Å². The Morgan fingerprint density at radius 1 is 0.940 bits per heavy atom. The largest absolute Gasteiger partial charge is 0.494 e. The summed E-state index contributed by atoms with van der Waals surface area (Å²) in [5.41, 5.74) is 1.71. The molecule has 0 unspecified atom stereocenters. The van der Waals surface area contributed by atoms with Gasteiger partial charge >= 0.3 is 12.1 Å². The highest BCUT2D eigenvalue weighted by Gasteiger charge is 2.24. The molecule has 2 N–H and O–H groups in total. The Morgan fingerprint density at radius 3 is 2.42 bits per heavy atom. The van der Waals surface area contributed by atoms with Gasteiger partial charge in [-0.05, 0) is 43.7 Å². The van der Waals surface area contributed by atoms with Crippen LogP contribution in [0.4, 0.5) is 10.5 Å². The van der Waals surface area contributed by atoms with Gasteiger partial charge in [0.2, 0.25) is 6.79 Å². The molecule has 7 rings (SSSR count). The highest BCUT2D eigenvalue weighted by atomic mass is 16.7. The SMILES string of the molecule is COc1cc2c(cc1OC(=O)N(C)c1ccccc1OC(=O)CCCn1c(O)cc(C)c1O)c(=O)n(C)c1c3cc4c(cc3ncc21)OCO4. The predicted octanol–water partition coefficient (Wildman–Crippen LogP) is 5.52. The molecule has 0 saturated carbocycles. The van der Waals surface area contributed by atoms with Crippen molar-refractivity contribution in [2.45, 2.75) is 26.3 Å². The Labute approximate surface area is 284 Å². The third-order valence-corrected chi connectivity index (χ3v) is 8.71. The normalized spacial score (nSPS) is 12.1. The lowest BCUT2D eigenvalue weighted by Gasteiger charge is -2.21. The van der Waals surface area contributed by atoms with Gasteiger partial charge in [-0.2, -0.15) is 0 Å². The number of carbonyl (C=O) groups excluding carboxylic acids is 2. The number of aromatic hydroxyl groups is 2. The molecule has 0 fully saturated rings. The Hall–Kier alpha value is -6.44. The van der Waals surface area contributed by atoms with Gasteiger partial charge in [0.1, 0.15) is 0 Å². The maximum absolute atomic E-state index is 13.8. The average Bonchev–Trinajstić information content (AvgIpc) is 3.67. The van der Waals surface area contributed by atoms with Gasteiger partial charge in [-0.1, -0.05) is 12.1 Å². The summed E-state index contributed by atoms with van der Waals surface area (Å²) in [5, 5.41) is 22.3. The number of anilines is 1. The molecule has 0 radical (unpaired) electrons. The van der Waals surface area contributed by atoms with Crippen molar-refractivity contribution in [1.29, 1.82) is 0 Å². The molecule has 1 amide bonds. The van der Waals surface area contributed by atoms with E-state index in [9.17, 15) is 24.6 Å². The number of hydrogen-bond acceptors (Lipinski definition) is 11. The molecule has 0 aliphatic carbocycles. The van der Waals surface area contributed by atoms with E-state index in [2.05, 4.69) is 4.98 Å². The molecule has 14 heteroatoms. The van der Waals surface area contributed by atoms with E-state index >= 15 is 0 Å². The third kappa shape index (κ3) is 5.49. The first-order chi connectivity index (χ1) is 24.0. The second kappa shape index (κ2) is 12.5. The molecule has 256 valence electrons. The topological polar surface area (TPSA) is 164 Å². The molecule has 0 bridgehead atoms. The van der Waals surface area contributed by atoms with Gasteiger partial charge in [-0.15, -0.1) is 0 Å². The molecule has 14 nitrogen and oxygen atoms in total. The van der Waals surface area contributed by atoms with Gasteiger partial charge in [-0.3, -0.25) is 24.0 Å². The van der Waals surface area contributed by atoms with E-state index in [1.165, 1.54) is 40.3 Å². The number of aryl methyl sites for hydroxylation is 2. The number of hydrogen-bond donors (Lipinski definition) is 2. The smallest absolute Gasteiger partial charge is 0.419 e. The average molecular weight is 681 g/mol. The predicted molar refractivity (Wildman–Crippen MR) is 183 cm³/mol. The minimum atomic E-state index is -0.832. The van der Waals surface area contributed by atoms with Crippen molar-refractivity contribution < 1.29 is 43.5 Å². The molecule has 4 heterocycles. The van der Waals surface area contributed by atoms with E-state index in [1.807, 2.05) is 0 Å². The van der Waals surface area contributed by atoms with Crippen LogP contribution in [0.5, 0.6) is 40.5 Å². The molecule has 1 aliphatic rings. The fourth-order valence-corrected chi connectivity index (χ4v) is 6.12. The summed E-state index contributed by atoms with van der Waals surface area (Å²) in [5.74, 6) is 0.719. The number of amides is 1. The molecular formula is C36H32N4O10. The highest BCUT2D eigenvalue weighted by Crippen LogP contribution is 2.40. The van der Waals surface area contributed by atoms with Gasteiger partial charge in [0.15, 0.2) is 40.5 Å². The molecule has 3 aromatic carbocycles. The van der Waals surface area contributed by atoms with Crippen LogP contribution in [-0.4, -0.2) is 57.3 Å². The zero-order chi connectivity index (χ0) is 35.3. The van der Waals surface area contributed by atoms with Crippen LogP contribution in [0.1, 0.15) is 18.4 Å². The fraction of sp³-hybridized carbons (Fsp3) is 0.222. The van der Waals surface area contributed by atoms with Crippen LogP contribution < -0.4 is 34.1 Å². The fourth-order valence-electron chi connectivity index (χ4n) is 6.12. The number of nitrogens with zero attached hydrogens (tertiary/aromatic N) is 4. The van der Waals surface area contributed by atoms with Crippen molar-refractivity contribution in [3.8, 4) is 40.5 Å². The number of rotatable bonds is 8. The highest BCUT2D eigenvalue weighted by molar-refractivity contribution is 6.15. The van der Waals surface area contributed by atoms with Crippen molar-refractivity contribution in [1.82, 2.24) is 14.1 Å². The van der Waals surface area contributed by atoms with Crippen LogP contribution in [-0.2, 0) is 18.4 Å². The van der Waals surface area contributed by atoms with Crippen molar-refractivity contribution in [3.63, 3.8) is 0 Å². The van der Waals surface area contributed by atoms with Crippen molar-refractivity contribution >= 4 is 50.3 Å². The minimum absolute atomic E-state index is 0.00615.